The van der Waals surface area contributed by atoms with Crippen LogP contribution in [0.25, 0.3) is 0 Å². The zero-order valence-electron chi connectivity index (χ0n) is 26.9. The molecule has 2 saturated carbocycles. The average molecular weight is 624 g/mol. The molecule has 9 heteroatoms. The number of carbonyl (C=O) groups is 3. The van der Waals surface area contributed by atoms with E-state index < -0.39 is 11.5 Å². The van der Waals surface area contributed by atoms with Gasteiger partial charge in [0.2, 0.25) is 11.8 Å². The predicted octanol–water partition coefficient (Wildman–Crippen LogP) is 4.56. The van der Waals surface area contributed by atoms with Crippen molar-refractivity contribution in [1.29, 1.82) is 0 Å². The third kappa shape index (κ3) is 5.97. The fourth-order valence-corrected chi connectivity index (χ4v) is 8.06. The van der Waals surface area contributed by atoms with E-state index in [0.717, 1.165) is 44.1 Å². The first-order valence-electron chi connectivity index (χ1n) is 16.9. The number of carbonyl (C=O) groups excluding carboxylic acids is 3. The molecule has 3 N–H and O–H groups in total. The Morgan fingerprint density at radius 1 is 1.00 bits per heavy atom. The van der Waals surface area contributed by atoms with Crippen LogP contribution in [0.15, 0.2) is 60.8 Å². The third-order valence-corrected chi connectivity index (χ3v) is 11.2. The van der Waals surface area contributed by atoms with Crippen LogP contribution in [0.2, 0.25) is 0 Å². The van der Waals surface area contributed by atoms with E-state index in [1.165, 1.54) is 22.2 Å². The number of nitrogens with one attached hydrogen (secondary N) is 3. The van der Waals surface area contributed by atoms with Crippen LogP contribution in [-0.4, -0.2) is 53.3 Å². The summed E-state index contributed by atoms with van der Waals surface area (Å²) in [5.74, 6) is 0.0411. The molecule has 2 heterocycles. The first-order chi connectivity index (χ1) is 22.2. The van der Waals surface area contributed by atoms with E-state index >= 15 is 0 Å². The summed E-state index contributed by atoms with van der Waals surface area (Å²) in [6.07, 6.45) is 9.54. The maximum absolute atomic E-state index is 14.4. The predicted molar refractivity (Wildman–Crippen MR) is 175 cm³/mol. The molecule has 4 aliphatic rings. The molecule has 3 fully saturated rings. The number of amides is 3. The fraction of sp³-hybridized carbons (Fsp3) is 0.514. The number of anilines is 1. The Hall–Kier alpha value is -3.98. The Labute approximate surface area is 270 Å². The summed E-state index contributed by atoms with van der Waals surface area (Å²) in [6.45, 7) is 3.71. The number of rotatable bonds is 11. The molecule has 7 rings (SSSR count). The minimum absolute atomic E-state index is 0.0130. The number of hydrogen-bond donors (Lipinski definition) is 3. The zero-order valence-corrected chi connectivity index (χ0v) is 26.9. The van der Waals surface area contributed by atoms with Crippen molar-refractivity contribution in [2.45, 2.75) is 69.7 Å². The van der Waals surface area contributed by atoms with Crippen molar-refractivity contribution in [3.8, 4) is 0 Å². The van der Waals surface area contributed by atoms with Crippen molar-refractivity contribution in [2.24, 2.45) is 30.2 Å². The number of nitrogens with zero attached hydrogens (tertiary/aromatic N) is 2. The summed E-state index contributed by atoms with van der Waals surface area (Å²) in [7, 11) is 1.73. The molecule has 46 heavy (non-hydrogen) atoms. The number of hydrogen-bond acceptors (Lipinski definition) is 5. The van der Waals surface area contributed by atoms with Crippen LogP contribution < -0.4 is 16.0 Å². The molecule has 3 aliphatic carbocycles. The van der Waals surface area contributed by atoms with Gasteiger partial charge in [-0.2, -0.15) is 5.10 Å². The van der Waals surface area contributed by atoms with E-state index in [1.807, 2.05) is 24.3 Å². The van der Waals surface area contributed by atoms with Crippen LogP contribution in [0.4, 0.5) is 5.69 Å². The van der Waals surface area contributed by atoms with Crippen molar-refractivity contribution in [2.75, 3.05) is 25.1 Å². The number of aromatic nitrogens is 2. The molecule has 1 aromatic heterocycles. The first-order valence-corrected chi connectivity index (χ1v) is 16.9. The van der Waals surface area contributed by atoms with Crippen LogP contribution in [0, 0.1) is 23.2 Å². The lowest BCUT2D eigenvalue weighted by Gasteiger charge is -2.39. The van der Waals surface area contributed by atoms with Gasteiger partial charge in [-0.15, -0.1) is 0 Å². The molecule has 0 bridgehead atoms. The van der Waals surface area contributed by atoms with E-state index in [0.29, 0.717) is 43.5 Å². The van der Waals surface area contributed by atoms with Crippen LogP contribution in [0.5, 0.6) is 0 Å². The van der Waals surface area contributed by atoms with Gasteiger partial charge >= 0.3 is 0 Å². The van der Waals surface area contributed by atoms with Gasteiger partial charge in [0.15, 0.2) is 0 Å². The number of fused-ring (bicyclic) bond motifs is 1. The normalized spacial score (nSPS) is 23.2. The van der Waals surface area contributed by atoms with Gasteiger partial charge in [-0.3, -0.25) is 19.1 Å². The summed E-state index contributed by atoms with van der Waals surface area (Å²) >= 11 is 0. The zero-order chi connectivity index (χ0) is 31.9. The molecule has 2 aromatic carbocycles. The van der Waals surface area contributed by atoms with Gasteiger partial charge in [0.25, 0.3) is 5.91 Å². The fourth-order valence-electron chi connectivity index (χ4n) is 8.06. The van der Waals surface area contributed by atoms with Gasteiger partial charge < -0.3 is 20.7 Å². The molecule has 242 valence electrons. The van der Waals surface area contributed by atoms with Crippen LogP contribution in [0.1, 0.15) is 72.6 Å². The van der Waals surface area contributed by atoms with E-state index in [9.17, 15) is 14.4 Å². The highest BCUT2D eigenvalue weighted by molar-refractivity contribution is 6.01. The lowest BCUT2D eigenvalue weighted by atomic mass is 9.70. The smallest absolute Gasteiger partial charge is 0.270 e. The Bertz CT molecular complexity index is 1590. The summed E-state index contributed by atoms with van der Waals surface area (Å²) in [5, 5.41) is 13.7. The van der Waals surface area contributed by atoms with E-state index in [2.05, 4.69) is 52.2 Å². The molecule has 0 radical (unpaired) electrons. The summed E-state index contributed by atoms with van der Waals surface area (Å²) < 4.78 is 7.33. The third-order valence-electron chi connectivity index (χ3n) is 11.2. The summed E-state index contributed by atoms with van der Waals surface area (Å²) in [5.41, 5.74) is 3.87. The van der Waals surface area contributed by atoms with Crippen molar-refractivity contribution < 1.29 is 19.1 Å². The quantitative estimate of drug-likeness (QED) is 0.290. The van der Waals surface area contributed by atoms with E-state index in [1.54, 1.807) is 19.3 Å². The SMILES string of the molecule is Cn1nccc1C(=O)N[C@H](C(=O)Nc1cccc(C2(C(=O)NCC3(C)CCC3)CCOC2)c1)C(C1CC1)C1Cc2ccccc2C1. The second kappa shape index (κ2) is 12.3. The Morgan fingerprint density at radius 2 is 1.76 bits per heavy atom. The molecular formula is C37H45N5O4. The maximum atomic E-state index is 14.4. The monoisotopic (exact) mass is 623 g/mol. The summed E-state index contributed by atoms with van der Waals surface area (Å²) in [4.78, 5) is 41.7. The van der Waals surface area contributed by atoms with Gasteiger partial charge in [-0.25, -0.2) is 0 Å². The molecule has 3 amide bonds. The van der Waals surface area contributed by atoms with Crippen molar-refractivity contribution in [3.63, 3.8) is 0 Å². The second-order valence-corrected chi connectivity index (χ2v) is 14.4. The Kier molecular flexibility index (Phi) is 8.21. The number of aryl methyl sites for hydroxylation is 1. The molecule has 3 aromatic rings. The highest BCUT2D eigenvalue weighted by Gasteiger charge is 2.47. The van der Waals surface area contributed by atoms with Crippen molar-refractivity contribution in [3.05, 3.63) is 83.2 Å². The maximum Gasteiger partial charge on any atom is 0.270 e. The van der Waals surface area contributed by atoms with Crippen molar-refractivity contribution in [1.82, 2.24) is 20.4 Å². The summed E-state index contributed by atoms with van der Waals surface area (Å²) in [6, 6.07) is 17.1. The highest BCUT2D eigenvalue weighted by atomic mass is 16.5. The molecule has 1 aliphatic heterocycles. The second-order valence-electron chi connectivity index (χ2n) is 14.4. The molecule has 9 nitrogen and oxygen atoms in total. The minimum Gasteiger partial charge on any atom is -0.380 e. The van der Waals surface area contributed by atoms with Crippen LogP contribution in [-0.2, 0) is 39.6 Å². The molecule has 2 unspecified atom stereocenters. The van der Waals surface area contributed by atoms with Crippen LogP contribution in [0.3, 0.4) is 0 Å². The largest absolute Gasteiger partial charge is 0.380 e. The Balaban J connectivity index is 1.14. The van der Waals surface area contributed by atoms with E-state index in [-0.39, 0.29) is 35.0 Å². The van der Waals surface area contributed by atoms with Crippen molar-refractivity contribution >= 4 is 23.4 Å². The molecule has 3 atom stereocenters. The number of benzene rings is 2. The average Bonchev–Trinajstić information content (AvgIpc) is 3.39. The van der Waals surface area contributed by atoms with Gasteiger partial charge in [0, 0.05) is 32.1 Å². The minimum atomic E-state index is -0.805. The first kappa shape index (κ1) is 30.7. The van der Waals surface area contributed by atoms with Crippen LogP contribution >= 0.6 is 0 Å². The van der Waals surface area contributed by atoms with Gasteiger partial charge in [0.05, 0.1) is 12.0 Å². The lowest BCUT2D eigenvalue weighted by Crippen LogP contribution is -2.52. The number of ether oxygens (including phenoxy) is 1. The van der Waals surface area contributed by atoms with Gasteiger partial charge in [-0.1, -0.05) is 49.7 Å². The molecule has 0 spiro atoms. The van der Waals surface area contributed by atoms with E-state index in [4.69, 9.17) is 4.74 Å². The highest BCUT2D eigenvalue weighted by Crippen LogP contribution is 2.47. The standard InChI is InChI=1S/C37H45N5O4/c1-36(14-6-15-36)22-38-35(45)37(16-18-46-23-37)28-9-5-10-29(21-28)40-34(44)32(41-33(43)30-13-17-39-42(30)2)31(24-11-12-24)27-19-25-7-3-4-8-26(25)20-27/h3-5,7-10,13,17,21,24,27,31-32H,6,11-12,14-16,18-20,22-23H2,1-2H3,(H,38,45)(H,40,44)(H,41,43)/t31?,32-,37?/m0/s1. The topological polar surface area (TPSA) is 114 Å². The van der Waals surface area contributed by atoms with Gasteiger partial charge in [0.1, 0.15) is 11.7 Å². The van der Waals surface area contributed by atoms with Gasteiger partial charge in [-0.05, 0) is 103 Å². The molecular weight excluding hydrogens is 578 g/mol. The Morgan fingerprint density at radius 3 is 2.37 bits per heavy atom. The lowest BCUT2D eigenvalue weighted by molar-refractivity contribution is -0.127. The molecule has 1 saturated heterocycles.